The lowest BCUT2D eigenvalue weighted by molar-refractivity contribution is -0.384. The van der Waals surface area contributed by atoms with E-state index in [0.717, 1.165) is 5.56 Å². The van der Waals surface area contributed by atoms with E-state index in [1.54, 1.807) is 18.2 Å². The topological polar surface area (TPSA) is 143 Å². The van der Waals surface area contributed by atoms with Gasteiger partial charge in [0.05, 0.1) is 18.1 Å². The van der Waals surface area contributed by atoms with E-state index >= 15 is 0 Å². The van der Waals surface area contributed by atoms with Crippen LogP contribution in [0.5, 0.6) is 0 Å². The highest BCUT2D eigenvalue weighted by molar-refractivity contribution is 6.02. The first kappa shape index (κ1) is 21.1. The molecule has 11 heteroatoms. The van der Waals surface area contributed by atoms with E-state index in [0.29, 0.717) is 43.1 Å². The number of rotatable bonds is 4. The molecule has 0 aliphatic carbocycles. The summed E-state index contributed by atoms with van der Waals surface area (Å²) in [5.74, 6) is -0.961. The maximum absolute atomic E-state index is 13.3. The Hall–Kier alpha value is -3.80. The fourth-order valence-electron chi connectivity index (χ4n) is 4.33. The maximum Gasteiger partial charge on any atom is 0.283 e. The van der Waals surface area contributed by atoms with Crippen molar-refractivity contribution in [1.82, 2.24) is 15.3 Å². The Labute approximate surface area is 188 Å². The molecule has 4 N–H and O–H groups in total. The molecule has 2 aromatic rings. The van der Waals surface area contributed by atoms with Crippen LogP contribution in [-0.2, 0) is 9.53 Å². The van der Waals surface area contributed by atoms with Gasteiger partial charge in [0.1, 0.15) is 6.17 Å². The van der Waals surface area contributed by atoms with Crippen molar-refractivity contribution in [3.63, 3.8) is 0 Å². The monoisotopic (exact) mass is 450 g/mol. The van der Waals surface area contributed by atoms with Crippen LogP contribution < -0.4 is 16.5 Å². The number of hydrazine groups is 1. The molecule has 3 heterocycles. The molecule has 1 fully saturated rings. The van der Waals surface area contributed by atoms with Gasteiger partial charge in [0, 0.05) is 47.6 Å². The van der Waals surface area contributed by atoms with E-state index in [-0.39, 0.29) is 11.6 Å². The molecule has 0 spiro atoms. The lowest BCUT2D eigenvalue weighted by Crippen LogP contribution is -2.63. The van der Waals surface area contributed by atoms with Crippen molar-refractivity contribution >= 4 is 29.3 Å². The molecule has 0 radical (unpaired) electrons. The minimum atomic E-state index is -1.66. The summed E-state index contributed by atoms with van der Waals surface area (Å²) >= 11 is 0. The third kappa shape index (κ3) is 3.61. The number of non-ortho nitro benzene ring substituents is 1. The number of fused-ring (bicyclic) bond motifs is 2. The lowest BCUT2D eigenvalue weighted by atomic mass is 10.0. The van der Waals surface area contributed by atoms with Crippen LogP contribution in [0.2, 0.25) is 0 Å². The highest BCUT2D eigenvalue weighted by Gasteiger charge is 2.44. The number of hydrogen-bond donors (Lipinski definition) is 3. The van der Waals surface area contributed by atoms with E-state index in [1.807, 2.05) is 12.1 Å². The van der Waals surface area contributed by atoms with Gasteiger partial charge < -0.3 is 10.1 Å². The van der Waals surface area contributed by atoms with Crippen LogP contribution >= 0.6 is 0 Å². The summed E-state index contributed by atoms with van der Waals surface area (Å²) in [5, 5.41) is 15.3. The predicted molar refractivity (Wildman–Crippen MR) is 119 cm³/mol. The predicted octanol–water partition coefficient (Wildman–Crippen LogP) is 1.21. The normalized spacial score (nSPS) is 24.1. The first-order valence-corrected chi connectivity index (χ1v) is 10.5. The maximum atomic E-state index is 13.3. The Kier molecular flexibility index (Phi) is 5.08. The fourth-order valence-corrected chi connectivity index (χ4v) is 4.33. The molecule has 2 unspecified atom stereocenters. The van der Waals surface area contributed by atoms with Crippen molar-refractivity contribution in [1.29, 1.82) is 0 Å². The minimum absolute atomic E-state index is 0.0667. The van der Waals surface area contributed by atoms with Crippen LogP contribution in [-0.4, -0.2) is 58.6 Å². The highest BCUT2D eigenvalue weighted by Crippen LogP contribution is 2.36. The molecule has 0 bridgehead atoms. The molecule has 0 saturated carbocycles. The number of benzene rings is 2. The van der Waals surface area contributed by atoms with Crippen molar-refractivity contribution in [3.8, 4) is 0 Å². The Morgan fingerprint density at radius 2 is 2.00 bits per heavy atom. The molecule has 2 aromatic carbocycles. The lowest BCUT2D eigenvalue weighted by Gasteiger charge is -2.39. The zero-order valence-electron chi connectivity index (χ0n) is 17.6. The van der Waals surface area contributed by atoms with Crippen molar-refractivity contribution in [2.45, 2.75) is 11.8 Å². The third-order valence-electron chi connectivity index (χ3n) is 6.04. The molecule has 11 nitrogen and oxygen atoms in total. The van der Waals surface area contributed by atoms with Crippen LogP contribution in [0.25, 0.3) is 6.08 Å². The van der Waals surface area contributed by atoms with E-state index < -0.39 is 22.7 Å². The summed E-state index contributed by atoms with van der Waals surface area (Å²) in [6.07, 6.45) is 2.50. The summed E-state index contributed by atoms with van der Waals surface area (Å²) in [6.45, 7) is 2.28. The zero-order chi connectivity index (χ0) is 23.2. The number of anilines is 1. The van der Waals surface area contributed by atoms with E-state index in [4.69, 9.17) is 10.5 Å². The number of morpholine rings is 1. The van der Waals surface area contributed by atoms with Gasteiger partial charge in [-0.15, -0.1) is 0 Å². The van der Waals surface area contributed by atoms with Gasteiger partial charge in [0.2, 0.25) is 0 Å². The molecule has 33 heavy (non-hydrogen) atoms. The molecule has 1 saturated heterocycles. The second kappa shape index (κ2) is 7.96. The van der Waals surface area contributed by atoms with Gasteiger partial charge in [-0.3, -0.25) is 35.8 Å². The van der Waals surface area contributed by atoms with Crippen molar-refractivity contribution in [2.75, 3.05) is 31.6 Å². The zero-order valence-corrected chi connectivity index (χ0v) is 17.6. The number of nitrogens with zero attached hydrogens (tertiary/aromatic N) is 3. The molecule has 3 aliphatic rings. The Morgan fingerprint density at radius 3 is 2.76 bits per heavy atom. The van der Waals surface area contributed by atoms with Crippen LogP contribution in [0.3, 0.4) is 0 Å². The molecule has 2 atom stereocenters. The summed E-state index contributed by atoms with van der Waals surface area (Å²) in [6, 6.07) is 11.5. The number of nitro benzene ring substituents is 1. The van der Waals surface area contributed by atoms with E-state index in [9.17, 15) is 19.7 Å². The summed E-state index contributed by atoms with van der Waals surface area (Å²) in [4.78, 5) is 39.1. The SMILES string of the molecule is NC1(C(=O)NN2C(=O)c3ccccc3C2N2CCOCC2)C=Cc2cc([N+](=O)[O-])ccc2N1. The smallest absolute Gasteiger partial charge is 0.283 e. The number of nitro groups is 1. The van der Waals surface area contributed by atoms with Crippen molar-refractivity contribution in [3.05, 3.63) is 75.3 Å². The summed E-state index contributed by atoms with van der Waals surface area (Å²) < 4.78 is 5.44. The number of ether oxygens (including phenoxy) is 1. The number of amides is 2. The van der Waals surface area contributed by atoms with Gasteiger partial charge in [-0.2, -0.15) is 0 Å². The van der Waals surface area contributed by atoms with Crippen LogP contribution in [0.1, 0.15) is 27.7 Å². The fraction of sp³-hybridized carbons (Fsp3) is 0.273. The Bertz CT molecular complexity index is 1180. The Balaban J connectivity index is 1.41. The average molecular weight is 450 g/mol. The van der Waals surface area contributed by atoms with E-state index in [1.165, 1.54) is 29.3 Å². The van der Waals surface area contributed by atoms with E-state index in [2.05, 4.69) is 15.6 Å². The molecule has 3 aliphatic heterocycles. The first-order chi connectivity index (χ1) is 15.9. The first-order valence-electron chi connectivity index (χ1n) is 10.5. The van der Waals surface area contributed by atoms with Crippen LogP contribution in [0.4, 0.5) is 11.4 Å². The molecule has 170 valence electrons. The molecular weight excluding hydrogens is 428 g/mol. The van der Waals surface area contributed by atoms with Crippen molar-refractivity contribution in [2.24, 2.45) is 5.73 Å². The second-order valence-corrected chi connectivity index (χ2v) is 8.08. The van der Waals surface area contributed by atoms with Gasteiger partial charge >= 0.3 is 0 Å². The minimum Gasteiger partial charge on any atom is -0.379 e. The number of nitrogens with two attached hydrogens (primary N) is 1. The molecule has 2 amide bonds. The largest absolute Gasteiger partial charge is 0.379 e. The van der Waals surface area contributed by atoms with Gasteiger partial charge in [0.25, 0.3) is 17.5 Å². The average Bonchev–Trinajstić information content (AvgIpc) is 3.10. The number of carbonyl (C=O) groups excluding carboxylic acids is 2. The Morgan fingerprint density at radius 1 is 1.24 bits per heavy atom. The standard InChI is InChI=1S/C22H22N6O5/c23-22(8-7-14-13-15(28(31)32)5-6-18(14)24-22)21(30)25-27-19(26-9-11-33-12-10-26)16-3-1-2-4-17(16)20(27)29/h1-8,13,19,24H,9-12,23H2,(H,25,30). The quantitative estimate of drug-likeness (QED) is 0.466. The molecular formula is C22H22N6O5. The van der Waals surface area contributed by atoms with Gasteiger partial charge in [-0.05, 0) is 18.2 Å². The number of carbonyl (C=O) groups is 2. The molecule has 5 rings (SSSR count). The van der Waals surface area contributed by atoms with Crippen molar-refractivity contribution < 1.29 is 19.2 Å². The third-order valence-corrected chi connectivity index (χ3v) is 6.04. The van der Waals surface area contributed by atoms with Crippen LogP contribution in [0.15, 0.2) is 48.5 Å². The number of nitrogens with one attached hydrogen (secondary N) is 2. The summed E-state index contributed by atoms with van der Waals surface area (Å²) in [5.41, 5.74) is 9.67. The molecule has 0 aromatic heterocycles. The van der Waals surface area contributed by atoms with Gasteiger partial charge in [-0.25, -0.2) is 5.01 Å². The highest BCUT2D eigenvalue weighted by atomic mass is 16.6. The van der Waals surface area contributed by atoms with Gasteiger partial charge in [0.15, 0.2) is 5.66 Å². The second-order valence-electron chi connectivity index (χ2n) is 8.08. The summed E-state index contributed by atoms with van der Waals surface area (Å²) in [7, 11) is 0. The number of hydrogen-bond acceptors (Lipinski definition) is 8. The van der Waals surface area contributed by atoms with Crippen LogP contribution in [0, 0.1) is 10.1 Å². The van der Waals surface area contributed by atoms with Gasteiger partial charge in [-0.1, -0.05) is 24.3 Å².